The van der Waals surface area contributed by atoms with Crippen LogP contribution in [0.1, 0.15) is 38.2 Å². The summed E-state index contributed by atoms with van der Waals surface area (Å²) in [6.07, 6.45) is 6.01. The zero-order chi connectivity index (χ0) is 29.9. The Bertz CT molecular complexity index is 1320. The average Bonchev–Trinajstić information content (AvgIpc) is 3.57. The van der Waals surface area contributed by atoms with Crippen molar-refractivity contribution in [3.8, 4) is 0 Å². The molecular formula is C34H41N3O4S. The number of fused-ring (bicyclic) bond motifs is 1. The molecule has 8 heteroatoms. The van der Waals surface area contributed by atoms with Crippen molar-refractivity contribution >= 4 is 35.2 Å². The van der Waals surface area contributed by atoms with Crippen molar-refractivity contribution in [1.82, 2.24) is 9.80 Å². The molecule has 222 valence electrons. The summed E-state index contributed by atoms with van der Waals surface area (Å²) < 4.78 is -1.17. The van der Waals surface area contributed by atoms with Crippen molar-refractivity contribution in [2.75, 3.05) is 31.1 Å². The summed E-state index contributed by atoms with van der Waals surface area (Å²) in [6, 6.07) is 18.7. The van der Waals surface area contributed by atoms with Crippen molar-refractivity contribution in [3.63, 3.8) is 0 Å². The van der Waals surface area contributed by atoms with Gasteiger partial charge in [0.25, 0.3) is 0 Å². The highest BCUT2D eigenvalue weighted by molar-refractivity contribution is 8.02. The molecule has 1 N–H and O–H groups in total. The Kier molecular flexibility index (Phi) is 8.94. The first-order chi connectivity index (χ1) is 20.3. The van der Waals surface area contributed by atoms with Gasteiger partial charge in [-0.3, -0.25) is 14.4 Å². The molecule has 0 saturated carbocycles. The van der Waals surface area contributed by atoms with Gasteiger partial charge in [-0.05, 0) is 50.3 Å². The summed E-state index contributed by atoms with van der Waals surface area (Å²) >= 11 is 1.69. The number of hydrogen-bond acceptors (Lipinski definition) is 5. The van der Waals surface area contributed by atoms with Crippen LogP contribution in [0.15, 0.2) is 86.0 Å². The molecule has 5 atom stereocenters. The lowest BCUT2D eigenvalue weighted by atomic mass is 9.66. The Morgan fingerprint density at radius 3 is 2.31 bits per heavy atom. The highest BCUT2D eigenvalue weighted by atomic mass is 32.2. The van der Waals surface area contributed by atoms with Gasteiger partial charge < -0.3 is 19.8 Å². The predicted molar refractivity (Wildman–Crippen MR) is 168 cm³/mol. The summed E-state index contributed by atoms with van der Waals surface area (Å²) in [7, 11) is 0. The zero-order valence-electron chi connectivity index (χ0n) is 24.4. The van der Waals surface area contributed by atoms with Gasteiger partial charge in [-0.1, -0.05) is 60.7 Å². The van der Waals surface area contributed by atoms with E-state index in [-0.39, 0.29) is 24.3 Å². The number of benzene rings is 2. The highest BCUT2D eigenvalue weighted by Crippen LogP contribution is 2.71. The highest BCUT2D eigenvalue weighted by Gasteiger charge is 2.77. The van der Waals surface area contributed by atoms with Crippen LogP contribution >= 0.6 is 11.8 Å². The minimum absolute atomic E-state index is 0.0212. The largest absolute Gasteiger partial charge is 0.396 e. The topological polar surface area (TPSA) is 81.2 Å². The van der Waals surface area contributed by atoms with Crippen LogP contribution in [-0.2, 0) is 20.9 Å². The number of hydrogen-bond donors (Lipinski definition) is 1. The molecule has 0 aliphatic carbocycles. The van der Waals surface area contributed by atoms with Gasteiger partial charge >= 0.3 is 0 Å². The maximum atomic E-state index is 14.6. The molecule has 2 aromatic rings. The van der Waals surface area contributed by atoms with Gasteiger partial charge in [-0.15, -0.1) is 24.9 Å². The number of likely N-dealkylation sites (tertiary alicyclic amines) is 1. The molecule has 3 amide bonds. The molecule has 2 aromatic carbocycles. The number of amides is 3. The molecule has 3 heterocycles. The summed E-state index contributed by atoms with van der Waals surface area (Å²) in [5.41, 5.74) is 1.77. The molecule has 2 bridgehead atoms. The molecule has 42 heavy (non-hydrogen) atoms. The van der Waals surface area contributed by atoms with Crippen molar-refractivity contribution in [2.45, 2.75) is 54.7 Å². The lowest BCUT2D eigenvalue weighted by Crippen LogP contribution is -2.55. The Labute approximate surface area is 253 Å². The molecule has 1 spiro atoms. The second kappa shape index (κ2) is 12.5. The first kappa shape index (κ1) is 30.1. The van der Waals surface area contributed by atoms with Crippen LogP contribution in [0, 0.1) is 11.8 Å². The van der Waals surface area contributed by atoms with Gasteiger partial charge in [0.15, 0.2) is 0 Å². The van der Waals surface area contributed by atoms with E-state index >= 15 is 0 Å². The van der Waals surface area contributed by atoms with E-state index in [1.807, 2.05) is 60.7 Å². The Morgan fingerprint density at radius 1 is 1.00 bits per heavy atom. The normalized spacial score (nSPS) is 27.5. The van der Waals surface area contributed by atoms with Crippen molar-refractivity contribution in [2.24, 2.45) is 11.8 Å². The van der Waals surface area contributed by atoms with Crippen LogP contribution in [0.2, 0.25) is 0 Å². The minimum atomic E-state index is -0.699. The van der Waals surface area contributed by atoms with Crippen LogP contribution in [0.5, 0.6) is 0 Å². The number of aliphatic hydroxyl groups excluding tert-OH is 1. The fraction of sp³-hybridized carbons (Fsp3) is 0.441. The number of unbranched alkanes of at least 4 members (excludes halogenated alkanes) is 1. The number of rotatable bonds is 13. The fourth-order valence-electron chi connectivity index (χ4n) is 7.31. The third-order valence-corrected chi connectivity index (χ3v) is 11.1. The monoisotopic (exact) mass is 587 g/mol. The minimum Gasteiger partial charge on any atom is -0.396 e. The van der Waals surface area contributed by atoms with Gasteiger partial charge in [0.05, 0.1) is 16.6 Å². The molecule has 0 radical (unpaired) electrons. The summed E-state index contributed by atoms with van der Waals surface area (Å²) in [4.78, 5) is 48.8. The third kappa shape index (κ3) is 5.20. The Hall–Kier alpha value is -3.36. The number of carbonyl (C=O) groups excluding carboxylic acids is 3. The smallest absolute Gasteiger partial charge is 0.247 e. The van der Waals surface area contributed by atoms with E-state index < -0.39 is 27.4 Å². The van der Waals surface area contributed by atoms with E-state index in [2.05, 4.69) is 20.1 Å². The van der Waals surface area contributed by atoms with Crippen LogP contribution in [0.25, 0.3) is 0 Å². The first-order valence-electron chi connectivity index (χ1n) is 14.8. The number of nitrogens with zero attached hydrogens (tertiary/aromatic N) is 3. The molecule has 7 nitrogen and oxygen atoms in total. The molecule has 3 saturated heterocycles. The second-order valence-electron chi connectivity index (χ2n) is 11.8. The van der Waals surface area contributed by atoms with Crippen molar-refractivity contribution in [1.29, 1.82) is 0 Å². The van der Waals surface area contributed by atoms with Crippen LogP contribution in [-0.4, -0.2) is 74.4 Å². The molecule has 5 rings (SSSR count). The van der Waals surface area contributed by atoms with Crippen LogP contribution in [0.3, 0.4) is 0 Å². The van der Waals surface area contributed by atoms with Gasteiger partial charge in [0, 0.05) is 43.2 Å². The van der Waals surface area contributed by atoms with Gasteiger partial charge in [-0.2, -0.15) is 0 Å². The van der Waals surface area contributed by atoms with Gasteiger partial charge in [-0.25, -0.2) is 0 Å². The molecule has 3 aliphatic heterocycles. The van der Waals surface area contributed by atoms with E-state index in [0.717, 1.165) is 17.7 Å². The molecule has 3 aliphatic rings. The van der Waals surface area contributed by atoms with E-state index in [9.17, 15) is 19.5 Å². The molecule has 3 fully saturated rings. The molecule has 0 aromatic heterocycles. The number of aliphatic hydroxyl groups is 1. The Balaban J connectivity index is 1.54. The zero-order valence-corrected chi connectivity index (χ0v) is 25.2. The number of carbonyl (C=O) groups is 3. The SMILES string of the molecule is C=CCN(Cc1ccccc1)C(=O)C1N(CCCCO)C(=O)[C@@H]2[C@@H](C(=O)N(CC=C)c3ccccc3)[C@@]3(C)CCC12S3. The molecular weight excluding hydrogens is 546 g/mol. The van der Waals surface area contributed by atoms with Crippen molar-refractivity contribution in [3.05, 3.63) is 91.5 Å². The summed E-state index contributed by atoms with van der Waals surface area (Å²) in [5, 5.41) is 9.48. The van der Waals surface area contributed by atoms with E-state index in [1.54, 1.807) is 38.6 Å². The van der Waals surface area contributed by atoms with E-state index in [4.69, 9.17) is 0 Å². The Morgan fingerprint density at radius 2 is 1.67 bits per heavy atom. The first-order valence-corrected chi connectivity index (χ1v) is 15.7. The standard InChI is InChI=1S/C34H41N3O4S/c1-4-20-35(24-25-14-8-6-9-15-25)32(41)29-34-19-18-33(3,42-34)27(28(34)31(40)37(29)22-12-13-23-38)30(39)36(21-5-2)26-16-10-7-11-17-26/h4-11,14-17,27-29,38H,1-2,12-13,18-24H2,3H3/t27-,28-,29?,33+,34?/m0/s1. The number of para-hydroxylation sites is 1. The maximum absolute atomic E-state index is 14.6. The fourth-order valence-corrected chi connectivity index (χ4v) is 9.65. The van der Waals surface area contributed by atoms with Gasteiger partial charge in [0.1, 0.15) is 6.04 Å². The van der Waals surface area contributed by atoms with Crippen molar-refractivity contribution < 1.29 is 19.5 Å². The lowest BCUT2D eigenvalue weighted by molar-refractivity contribution is -0.143. The van der Waals surface area contributed by atoms with Crippen LogP contribution in [0.4, 0.5) is 5.69 Å². The van der Waals surface area contributed by atoms with E-state index in [1.165, 1.54) is 0 Å². The summed E-state index contributed by atoms with van der Waals surface area (Å²) in [6.45, 7) is 11.4. The van der Waals surface area contributed by atoms with Crippen LogP contribution < -0.4 is 4.90 Å². The second-order valence-corrected chi connectivity index (χ2v) is 13.7. The average molecular weight is 588 g/mol. The van der Waals surface area contributed by atoms with Gasteiger partial charge in [0.2, 0.25) is 17.7 Å². The third-order valence-electron chi connectivity index (χ3n) is 9.11. The van der Waals surface area contributed by atoms with E-state index in [0.29, 0.717) is 45.4 Å². The predicted octanol–water partition coefficient (Wildman–Crippen LogP) is 4.67. The lowest BCUT2D eigenvalue weighted by Gasteiger charge is -2.38. The summed E-state index contributed by atoms with van der Waals surface area (Å²) in [5.74, 6) is -1.48. The number of thioether (sulfide) groups is 1. The quantitative estimate of drug-likeness (QED) is 0.272. The maximum Gasteiger partial charge on any atom is 0.247 e. The number of anilines is 1. The molecule has 2 unspecified atom stereocenters.